The fraction of sp³-hybridized carbons (Fsp3) is 0.476. The summed E-state index contributed by atoms with van der Waals surface area (Å²) in [5, 5.41) is 22.3. The zero-order chi connectivity index (χ0) is 22.7. The number of alkyl halides is 2. The molecule has 31 heavy (non-hydrogen) atoms. The lowest BCUT2D eigenvalue weighted by Crippen LogP contribution is -2.32. The van der Waals surface area contributed by atoms with E-state index in [0.717, 1.165) is 18.5 Å². The van der Waals surface area contributed by atoms with Gasteiger partial charge in [0.05, 0.1) is 18.4 Å². The third-order valence-corrected chi connectivity index (χ3v) is 4.81. The molecule has 0 aliphatic carbocycles. The topological polar surface area (TPSA) is 115 Å². The van der Waals surface area contributed by atoms with Crippen LogP contribution in [0.4, 0.5) is 8.78 Å². The average molecular weight is 437 g/mol. The smallest absolute Gasteiger partial charge is 0.272 e. The molecule has 1 amide bonds. The molecule has 2 rings (SSSR count). The van der Waals surface area contributed by atoms with Crippen LogP contribution < -0.4 is 15.8 Å². The van der Waals surface area contributed by atoms with Gasteiger partial charge in [0, 0.05) is 18.8 Å². The van der Waals surface area contributed by atoms with Gasteiger partial charge in [-0.15, -0.1) is 5.10 Å². The van der Waals surface area contributed by atoms with Gasteiger partial charge in [-0.05, 0) is 43.4 Å². The van der Waals surface area contributed by atoms with Crippen molar-refractivity contribution in [1.82, 2.24) is 20.3 Å². The van der Waals surface area contributed by atoms with Gasteiger partial charge in [-0.3, -0.25) is 4.79 Å². The number of aryl methyl sites for hydroxylation is 1. The minimum absolute atomic E-state index is 0.177. The minimum atomic E-state index is -2.57. The normalized spacial score (nSPS) is 13.5. The van der Waals surface area contributed by atoms with Crippen LogP contribution in [0.3, 0.4) is 0 Å². The molecule has 0 bridgehead atoms. The molecule has 0 saturated carbocycles. The Hall–Kier alpha value is -3.01. The molecular weight excluding hydrogens is 408 g/mol. The van der Waals surface area contributed by atoms with Crippen LogP contribution in [-0.2, 0) is 23.4 Å². The van der Waals surface area contributed by atoms with Crippen molar-refractivity contribution in [3.8, 4) is 5.75 Å². The second kappa shape index (κ2) is 12.0. The van der Waals surface area contributed by atoms with Crippen LogP contribution >= 0.6 is 0 Å². The number of halogens is 2. The van der Waals surface area contributed by atoms with Gasteiger partial charge in [-0.25, -0.2) is 13.5 Å². The number of hydrogen-bond donors (Lipinski definition) is 3. The van der Waals surface area contributed by atoms with E-state index in [-0.39, 0.29) is 12.3 Å². The summed E-state index contributed by atoms with van der Waals surface area (Å²) in [5.41, 5.74) is 5.20. The molecule has 0 aliphatic rings. The minimum Gasteiger partial charge on any atom is -0.488 e. The number of primary amides is 1. The number of ether oxygens (including phenoxy) is 1. The number of nitrogens with one attached hydrogen (secondary N) is 1. The van der Waals surface area contributed by atoms with Gasteiger partial charge in [0.1, 0.15) is 18.0 Å². The maximum absolute atomic E-state index is 12.4. The molecule has 8 nitrogen and oxygen atoms in total. The maximum Gasteiger partial charge on any atom is 0.272 e. The summed E-state index contributed by atoms with van der Waals surface area (Å²) in [6.45, 7) is 2.01. The molecule has 1 aromatic carbocycles. The first kappa shape index (κ1) is 24.3. The molecule has 2 aromatic rings. The summed E-state index contributed by atoms with van der Waals surface area (Å²) < 4.78 is 31.6. The summed E-state index contributed by atoms with van der Waals surface area (Å²) in [6, 6.07) is 6.56. The molecule has 0 saturated heterocycles. The van der Waals surface area contributed by atoms with Crippen molar-refractivity contribution in [2.75, 3.05) is 13.2 Å². The van der Waals surface area contributed by atoms with Crippen molar-refractivity contribution in [2.45, 2.75) is 51.2 Å². The number of carbonyl (C=O) groups is 1. The van der Waals surface area contributed by atoms with E-state index in [4.69, 9.17) is 10.5 Å². The second-order valence-corrected chi connectivity index (χ2v) is 7.14. The van der Waals surface area contributed by atoms with E-state index in [1.54, 1.807) is 35.1 Å². The molecule has 1 heterocycles. The summed E-state index contributed by atoms with van der Waals surface area (Å²) in [4.78, 5) is 10.6. The molecule has 10 heteroatoms. The van der Waals surface area contributed by atoms with Crippen LogP contribution in [0.15, 0.2) is 42.7 Å². The molecule has 0 aliphatic heterocycles. The highest BCUT2D eigenvalue weighted by Gasteiger charge is 2.29. The quantitative estimate of drug-likeness (QED) is 0.308. The summed E-state index contributed by atoms with van der Waals surface area (Å²) in [7, 11) is 0. The van der Waals surface area contributed by atoms with Gasteiger partial charge >= 0.3 is 0 Å². The molecule has 170 valence electrons. The van der Waals surface area contributed by atoms with Crippen LogP contribution in [0, 0.1) is 0 Å². The number of rotatable bonds is 14. The van der Waals surface area contributed by atoms with Gasteiger partial charge in [0.15, 0.2) is 0 Å². The van der Waals surface area contributed by atoms with Crippen LogP contribution in [0.25, 0.3) is 0 Å². The van der Waals surface area contributed by atoms with E-state index in [2.05, 4.69) is 15.6 Å². The summed E-state index contributed by atoms with van der Waals surface area (Å²) in [6.07, 6.45) is 4.70. The monoisotopic (exact) mass is 437 g/mol. The second-order valence-electron chi connectivity index (χ2n) is 7.14. The number of aromatic nitrogens is 3. The van der Waals surface area contributed by atoms with Gasteiger partial charge in [-0.1, -0.05) is 24.3 Å². The third kappa shape index (κ3) is 7.97. The van der Waals surface area contributed by atoms with Crippen molar-refractivity contribution in [3.05, 3.63) is 54.0 Å². The zero-order valence-corrected chi connectivity index (χ0v) is 17.5. The van der Waals surface area contributed by atoms with E-state index in [1.165, 1.54) is 12.3 Å². The van der Waals surface area contributed by atoms with Crippen molar-refractivity contribution in [1.29, 1.82) is 0 Å². The number of nitrogens with two attached hydrogens (primary N) is 1. The SMILES string of the molecule is CC[C@@](O)(Cn1nncc1CCCCN/C=C\C(N)=O)c1cccc(OCC(F)F)c1. The van der Waals surface area contributed by atoms with E-state index in [0.29, 0.717) is 24.9 Å². The van der Waals surface area contributed by atoms with E-state index in [1.807, 2.05) is 6.92 Å². The van der Waals surface area contributed by atoms with Crippen LogP contribution in [0.2, 0.25) is 0 Å². The van der Waals surface area contributed by atoms with Crippen molar-refractivity contribution in [2.24, 2.45) is 5.73 Å². The fourth-order valence-corrected chi connectivity index (χ4v) is 3.05. The number of hydrogen-bond acceptors (Lipinski definition) is 6. The number of benzene rings is 1. The number of unbranched alkanes of at least 4 members (excludes halogenated alkanes) is 1. The molecule has 4 N–H and O–H groups in total. The lowest BCUT2D eigenvalue weighted by atomic mass is 9.90. The van der Waals surface area contributed by atoms with Crippen molar-refractivity contribution in [3.63, 3.8) is 0 Å². The van der Waals surface area contributed by atoms with E-state index in [9.17, 15) is 18.7 Å². The van der Waals surface area contributed by atoms with Gasteiger partial charge in [0.2, 0.25) is 5.91 Å². The average Bonchev–Trinajstić information content (AvgIpc) is 3.18. The highest BCUT2D eigenvalue weighted by atomic mass is 19.3. The van der Waals surface area contributed by atoms with E-state index < -0.39 is 24.5 Å². The predicted octanol–water partition coefficient (Wildman–Crippen LogP) is 2.13. The van der Waals surface area contributed by atoms with E-state index >= 15 is 0 Å². The first-order valence-electron chi connectivity index (χ1n) is 10.1. The van der Waals surface area contributed by atoms with Crippen LogP contribution in [0.1, 0.15) is 37.4 Å². The first-order valence-corrected chi connectivity index (χ1v) is 10.1. The lowest BCUT2D eigenvalue weighted by molar-refractivity contribution is -0.113. The Morgan fingerprint density at radius 3 is 2.94 bits per heavy atom. The summed E-state index contributed by atoms with van der Waals surface area (Å²) in [5.74, 6) is -0.224. The number of amides is 1. The Morgan fingerprint density at radius 1 is 1.42 bits per heavy atom. The molecule has 1 atom stereocenters. The van der Waals surface area contributed by atoms with Crippen molar-refractivity contribution >= 4 is 5.91 Å². The molecule has 0 fully saturated rings. The number of aliphatic hydroxyl groups is 1. The Morgan fingerprint density at radius 2 is 2.23 bits per heavy atom. The first-order chi connectivity index (χ1) is 14.8. The Bertz CT molecular complexity index is 859. The van der Waals surface area contributed by atoms with Crippen LogP contribution in [0.5, 0.6) is 5.75 Å². The number of carbonyl (C=O) groups excluding carboxylic acids is 1. The maximum atomic E-state index is 12.4. The Kier molecular flexibility index (Phi) is 9.39. The van der Waals surface area contributed by atoms with Crippen LogP contribution in [-0.4, -0.2) is 45.6 Å². The van der Waals surface area contributed by atoms with Crippen molar-refractivity contribution < 1.29 is 23.4 Å². The molecular formula is C21H29F2N5O3. The highest BCUT2D eigenvalue weighted by Crippen LogP contribution is 2.30. The molecule has 1 aromatic heterocycles. The zero-order valence-electron chi connectivity index (χ0n) is 17.5. The molecule has 0 radical (unpaired) electrons. The fourth-order valence-electron chi connectivity index (χ4n) is 3.05. The highest BCUT2D eigenvalue weighted by molar-refractivity contribution is 5.85. The van der Waals surface area contributed by atoms with Gasteiger partial charge in [0.25, 0.3) is 6.43 Å². The lowest BCUT2D eigenvalue weighted by Gasteiger charge is -2.28. The standard InChI is InChI=1S/C21H29F2N5O3/c1-2-21(30,16-6-5-8-18(12-16)31-14-19(22)23)15-28-17(13-26-27-28)7-3-4-10-25-11-9-20(24)29/h5-6,8-9,11-13,19,25,30H,2-4,7,10,14-15H2,1H3,(H2,24,29)/b11-9-/t21-/m1/s1. The van der Waals surface area contributed by atoms with Gasteiger partial charge in [-0.2, -0.15) is 0 Å². The third-order valence-electron chi connectivity index (χ3n) is 4.81. The molecule has 0 unspecified atom stereocenters. The largest absolute Gasteiger partial charge is 0.488 e. The number of nitrogens with zero attached hydrogens (tertiary/aromatic N) is 3. The summed E-state index contributed by atoms with van der Waals surface area (Å²) >= 11 is 0. The molecule has 0 spiro atoms. The Labute approximate surface area is 180 Å². The van der Waals surface area contributed by atoms with Gasteiger partial charge < -0.3 is 20.9 Å². The Balaban J connectivity index is 1.97. The predicted molar refractivity (Wildman–Crippen MR) is 111 cm³/mol.